The topological polar surface area (TPSA) is 41.5 Å². The minimum atomic E-state index is -0.254. The summed E-state index contributed by atoms with van der Waals surface area (Å²) in [5.41, 5.74) is 5.60. The molecule has 2 unspecified atom stereocenters. The van der Waals surface area contributed by atoms with Crippen LogP contribution in [0, 0.1) is 12.8 Å². The molecule has 3 nitrogen and oxygen atoms in total. The van der Waals surface area contributed by atoms with Crippen LogP contribution in [-0.2, 0) is 6.42 Å². The Morgan fingerprint density at radius 3 is 2.62 bits per heavy atom. The molecule has 24 heavy (non-hydrogen) atoms. The molecule has 1 N–H and O–H groups in total. The van der Waals surface area contributed by atoms with Gasteiger partial charge < -0.3 is 5.32 Å². The first-order valence-electron chi connectivity index (χ1n) is 7.97. The number of amides is 2. The van der Waals surface area contributed by atoms with E-state index in [9.17, 15) is 4.79 Å². The first-order chi connectivity index (χ1) is 11.5. The van der Waals surface area contributed by atoms with Crippen LogP contribution in [0.3, 0.4) is 0 Å². The Kier molecular flexibility index (Phi) is 4.09. The molecule has 1 aliphatic carbocycles. The van der Waals surface area contributed by atoms with Gasteiger partial charge >= 0.3 is 6.03 Å². The van der Waals surface area contributed by atoms with Gasteiger partial charge in [-0.3, -0.25) is 0 Å². The number of benzene rings is 2. The molecule has 1 heterocycles. The van der Waals surface area contributed by atoms with E-state index in [0.717, 1.165) is 44.2 Å². The van der Waals surface area contributed by atoms with Crippen LogP contribution in [0.2, 0.25) is 0 Å². The summed E-state index contributed by atoms with van der Waals surface area (Å²) in [6, 6.07) is 12.2. The predicted molar refractivity (Wildman–Crippen MR) is 103 cm³/mol. The minimum absolute atomic E-state index is 0.0495. The largest absolute Gasteiger partial charge is 0.341 e. The zero-order valence-electron chi connectivity index (χ0n) is 13.1. The Morgan fingerprint density at radius 2 is 1.88 bits per heavy atom. The Morgan fingerprint density at radius 1 is 1.17 bits per heavy atom. The average molecular weight is 448 g/mol. The van der Waals surface area contributed by atoms with Crippen molar-refractivity contribution in [2.24, 2.45) is 10.9 Å². The van der Waals surface area contributed by atoms with E-state index in [1.807, 2.05) is 12.1 Å². The molecule has 1 aliphatic heterocycles. The van der Waals surface area contributed by atoms with Crippen molar-refractivity contribution in [3.63, 3.8) is 0 Å². The number of aliphatic imine (C=N–C) groups is 1. The van der Waals surface area contributed by atoms with E-state index in [0.29, 0.717) is 0 Å². The number of fused-ring (bicyclic) bond motifs is 3. The number of carbonyl (C=O) groups excluding carboxylic acids is 1. The highest BCUT2D eigenvalue weighted by molar-refractivity contribution is 9.11. The first kappa shape index (κ1) is 16.0. The molecule has 0 bridgehead atoms. The monoisotopic (exact) mass is 446 g/mol. The summed E-state index contributed by atoms with van der Waals surface area (Å²) in [4.78, 5) is 16.6. The molecular weight excluding hydrogens is 432 g/mol. The molecule has 0 saturated heterocycles. The minimum Gasteiger partial charge on any atom is -0.329 e. The van der Waals surface area contributed by atoms with Gasteiger partial charge in [0.1, 0.15) is 0 Å². The number of halogens is 2. The molecule has 4 rings (SSSR count). The zero-order valence-corrected chi connectivity index (χ0v) is 16.3. The number of hydrogen-bond acceptors (Lipinski definition) is 1. The van der Waals surface area contributed by atoms with E-state index in [1.54, 1.807) is 0 Å². The Labute approximate surface area is 157 Å². The molecule has 0 saturated carbocycles. The van der Waals surface area contributed by atoms with Gasteiger partial charge in [-0.1, -0.05) is 56.1 Å². The van der Waals surface area contributed by atoms with Gasteiger partial charge in [0.15, 0.2) is 0 Å². The molecule has 2 aromatic carbocycles. The fraction of sp³-hybridized carbons (Fsp3) is 0.263. The summed E-state index contributed by atoms with van der Waals surface area (Å²) in [5.74, 6) is 0.208. The SMILES string of the molecule is Cc1c(Br)cc(C2NC(=O)N=C3c4ccccc4CCC32)cc1Br. The fourth-order valence-corrected chi connectivity index (χ4v) is 4.86. The van der Waals surface area contributed by atoms with Gasteiger partial charge in [-0.05, 0) is 54.2 Å². The maximum absolute atomic E-state index is 12.2. The molecule has 0 aromatic heterocycles. The van der Waals surface area contributed by atoms with Crippen molar-refractivity contribution in [3.8, 4) is 0 Å². The second-order valence-corrected chi connectivity index (χ2v) is 8.04. The van der Waals surface area contributed by atoms with Crippen LogP contribution in [0.15, 0.2) is 50.3 Å². The van der Waals surface area contributed by atoms with Crippen LogP contribution < -0.4 is 5.32 Å². The van der Waals surface area contributed by atoms with Gasteiger partial charge in [0.2, 0.25) is 0 Å². The number of urea groups is 1. The molecule has 122 valence electrons. The van der Waals surface area contributed by atoms with Crippen LogP contribution in [0.4, 0.5) is 4.79 Å². The van der Waals surface area contributed by atoms with Crippen molar-refractivity contribution in [1.29, 1.82) is 0 Å². The van der Waals surface area contributed by atoms with Crippen molar-refractivity contribution in [2.75, 3.05) is 0 Å². The van der Waals surface area contributed by atoms with Crippen LogP contribution in [-0.4, -0.2) is 11.7 Å². The predicted octanol–water partition coefficient (Wildman–Crippen LogP) is 5.34. The number of hydrogen-bond donors (Lipinski definition) is 1. The van der Waals surface area contributed by atoms with E-state index in [4.69, 9.17) is 0 Å². The molecular formula is C19H16Br2N2O. The third-order valence-electron chi connectivity index (χ3n) is 4.93. The van der Waals surface area contributed by atoms with Crippen molar-refractivity contribution >= 4 is 43.6 Å². The maximum atomic E-state index is 12.2. The normalized spacial score (nSPS) is 22.3. The fourth-order valence-electron chi connectivity index (χ4n) is 3.64. The highest BCUT2D eigenvalue weighted by atomic mass is 79.9. The lowest BCUT2D eigenvalue weighted by Gasteiger charge is -2.36. The third-order valence-corrected chi connectivity index (χ3v) is 6.58. The standard InChI is InChI=1S/C19H16Br2N2O/c1-10-15(20)8-12(9-16(10)21)17-14-7-6-11-4-2-3-5-13(11)18(14)23-19(24)22-17/h2-5,8-9,14,17H,6-7H2,1H3,(H,22,24). The molecule has 2 amide bonds. The first-order valence-corrected chi connectivity index (χ1v) is 9.56. The van der Waals surface area contributed by atoms with Crippen LogP contribution >= 0.6 is 31.9 Å². The second-order valence-electron chi connectivity index (χ2n) is 6.34. The molecule has 5 heteroatoms. The summed E-state index contributed by atoms with van der Waals surface area (Å²) in [7, 11) is 0. The van der Waals surface area contributed by atoms with Crippen LogP contribution in [0.1, 0.15) is 34.7 Å². The van der Waals surface area contributed by atoms with Crippen molar-refractivity contribution in [2.45, 2.75) is 25.8 Å². The molecule has 0 spiro atoms. The van der Waals surface area contributed by atoms with Crippen molar-refractivity contribution in [1.82, 2.24) is 5.32 Å². The molecule has 0 fully saturated rings. The summed E-state index contributed by atoms with van der Waals surface area (Å²) in [6.45, 7) is 2.06. The summed E-state index contributed by atoms with van der Waals surface area (Å²) in [6.07, 6.45) is 2.00. The number of nitrogens with one attached hydrogen (secondary N) is 1. The second kappa shape index (κ2) is 6.12. The lowest BCUT2D eigenvalue weighted by molar-refractivity contribution is 0.239. The molecule has 0 radical (unpaired) electrons. The van der Waals surface area contributed by atoms with Gasteiger partial charge in [0.25, 0.3) is 0 Å². The van der Waals surface area contributed by atoms with Crippen LogP contribution in [0.5, 0.6) is 0 Å². The Hall–Kier alpha value is -1.46. The van der Waals surface area contributed by atoms with E-state index in [1.165, 1.54) is 5.56 Å². The van der Waals surface area contributed by atoms with Crippen LogP contribution in [0.25, 0.3) is 0 Å². The Bertz CT molecular complexity index is 852. The molecule has 2 aliphatic rings. The van der Waals surface area contributed by atoms with Gasteiger partial charge in [0, 0.05) is 14.9 Å². The zero-order chi connectivity index (χ0) is 16.8. The van der Waals surface area contributed by atoms with Gasteiger partial charge in [-0.15, -0.1) is 0 Å². The lowest BCUT2D eigenvalue weighted by atomic mass is 9.75. The number of aryl methyl sites for hydroxylation is 1. The van der Waals surface area contributed by atoms with Crippen molar-refractivity contribution < 1.29 is 4.79 Å². The summed E-state index contributed by atoms with van der Waals surface area (Å²) >= 11 is 7.24. The molecule has 2 aromatic rings. The number of nitrogens with zero attached hydrogens (tertiary/aromatic N) is 1. The lowest BCUT2D eigenvalue weighted by Crippen LogP contribution is -2.43. The highest BCUT2D eigenvalue weighted by Crippen LogP contribution is 2.39. The quantitative estimate of drug-likeness (QED) is 0.630. The van der Waals surface area contributed by atoms with E-state index >= 15 is 0 Å². The number of carbonyl (C=O) groups is 1. The third kappa shape index (κ3) is 2.64. The Balaban J connectivity index is 1.81. The smallest absolute Gasteiger partial charge is 0.329 e. The molecule has 2 atom stereocenters. The summed E-state index contributed by atoms with van der Waals surface area (Å²) < 4.78 is 2.09. The van der Waals surface area contributed by atoms with Gasteiger partial charge in [0.05, 0.1) is 11.8 Å². The average Bonchev–Trinajstić information content (AvgIpc) is 2.58. The summed E-state index contributed by atoms with van der Waals surface area (Å²) in [5, 5.41) is 3.07. The van der Waals surface area contributed by atoms with E-state index in [-0.39, 0.29) is 18.0 Å². The van der Waals surface area contributed by atoms with E-state index in [2.05, 4.69) is 73.4 Å². The number of rotatable bonds is 1. The van der Waals surface area contributed by atoms with E-state index < -0.39 is 0 Å². The van der Waals surface area contributed by atoms with Gasteiger partial charge in [-0.25, -0.2) is 4.79 Å². The highest BCUT2D eigenvalue weighted by Gasteiger charge is 2.37. The van der Waals surface area contributed by atoms with Crippen molar-refractivity contribution in [3.05, 3.63) is 67.6 Å². The van der Waals surface area contributed by atoms with Gasteiger partial charge in [-0.2, -0.15) is 4.99 Å². The maximum Gasteiger partial charge on any atom is 0.341 e.